The van der Waals surface area contributed by atoms with Crippen LogP contribution in [0.15, 0.2) is 97.2 Å². The van der Waals surface area contributed by atoms with Gasteiger partial charge in [0.25, 0.3) is 0 Å². The molecule has 0 unspecified atom stereocenters. The van der Waals surface area contributed by atoms with Crippen LogP contribution in [0.5, 0.6) is 0 Å². The van der Waals surface area contributed by atoms with Gasteiger partial charge in [0.15, 0.2) is 0 Å². The molecule has 4 aromatic rings. The topological polar surface area (TPSA) is 38.9 Å². The molecule has 5 rings (SSSR count). The quantitative estimate of drug-likeness (QED) is 0.419. The van der Waals surface area contributed by atoms with Gasteiger partial charge in [-0.1, -0.05) is 72.8 Å². The third-order valence-corrected chi connectivity index (χ3v) is 5.75. The van der Waals surface area contributed by atoms with Crippen molar-refractivity contribution in [3.8, 4) is 22.3 Å². The molecule has 0 atom stereocenters. The number of hydrogen-bond donors (Lipinski definition) is 1. The van der Waals surface area contributed by atoms with Gasteiger partial charge in [-0.2, -0.15) is 0 Å². The van der Waals surface area contributed by atoms with Crippen LogP contribution < -0.4 is 5.73 Å². The smallest absolute Gasteiger partial charge is 0.0702 e. The monoisotopic (exact) mass is 388 g/mol. The molecule has 0 saturated heterocycles. The zero-order chi connectivity index (χ0) is 20.3. The van der Waals surface area contributed by atoms with Crippen LogP contribution in [0, 0.1) is 0 Å². The molecule has 0 radical (unpaired) electrons. The molecule has 3 aromatic carbocycles. The number of pyridine rings is 1. The van der Waals surface area contributed by atoms with Crippen LogP contribution in [-0.2, 0) is 6.54 Å². The van der Waals surface area contributed by atoms with E-state index < -0.39 is 0 Å². The highest BCUT2D eigenvalue weighted by atomic mass is 14.6. The number of hydrogen-bond acceptors (Lipinski definition) is 2. The Morgan fingerprint density at radius 1 is 0.700 bits per heavy atom. The number of nitrogens with two attached hydrogens (primary N) is 1. The summed E-state index contributed by atoms with van der Waals surface area (Å²) < 4.78 is 0. The molecule has 2 N–H and O–H groups in total. The summed E-state index contributed by atoms with van der Waals surface area (Å²) in [5, 5.41) is 1.15. The van der Waals surface area contributed by atoms with Crippen LogP contribution in [0.4, 0.5) is 0 Å². The fourth-order valence-electron chi connectivity index (χ4n) is 3.98. The van der Waals surface area contributed by atoms with Crippen LogP contribution in [0.3, 0.4) is 0 Å². The van der Waals surface area contributed by atoms with Gasteiger partial charge in [0.1, 0.15) is 0 Å². The highest BCUT2D eigenvalue weighted by molar-refractivity contribution is 5.88. The van der Waals surface area contributed by atoms with Crippen LogP contribution in [0.25, 0.3) is 38.7 Å². The lowest BCUT2D eigenvalue weighted by molar-refractivity contribution is 1.04. The molecule has 1 aliphatic rings. The highest BCUT2D eigenvalue weighted by Crippen LogP contribution is 2.29. The first-order valence-corrected chi connectivity index (χ1v) is 10.5. The third kappa shape index (κ3) is 3.70. The maximum atomic E-state index is 5.72. The van der Waals surface area contributed by atoms with Crippen molar-refractivity contribution in [2.45, 2.75) is 19.4 Å². The lowest BCUT2D eigenvalue weighted by Crippen LogP contribution is -1.95. The summed E-state index contributed by atoms with van der Waals surface area (Å²) >= 11 is 0. The molecule has 0 fully saturated rings. The second-order valence-electron chi connectivity index (χ2n) is 7.75. The SMILES string of the molecule is NCc1ccc(-c2ccc3ncc(-c4ccc(C5=CCCC=C5)cc4)cc3c2)cc1. The van der Waals surface area contributed by atoms with E-state index in [9.17, 15) is 0 Å². The molecule has 0 saturated carbocycles. The Labute approximate surface area is 177 Å². The fraction of sp³-hybridized carbons (Fsp3) is 0.107. The van der Waals surface area contributed by atoms with Crippen molar-refractivity contribution >= 4 is 16.5 Å². The van der Waals surface area contributed by atoms with Crippen molar-refractivity contribution in [3.63, 3.8) is 0 Å². The standard InChI is InChI=1S/C28H24N2/c29-18-20-6-8-23(9-7-20)25-14-15-28-26(16-25)17-27(19-30-28)24-12-10-22(11-13-24)21-4-2-1-3-5-21/h2,4-17,19H,1,3,18,29H2. The molecule has 0 amide bonds. The maximum absolute atomic E-state index is 5.72. The van der Waals surface area contributed by atoms with Crippen molar-refractivity contribution in [3.05, 3.63) is 108 Å². The molecule has 1 heterocycles. The first-order valence-electron chi connectivity index (χ1n) is 10.5. The third-order valence-electron chi connectivity index (χ3n) is 5.75. The van der Waals surface area contributed by atoms with Crippen LogP contribution in [0.2, 0.25) is 0 Å². The summed E-state index contributed by atoms with van der Waals surface area (Å²) in [5.41, 5.74) is 15.2. The van der Waals surface area contributed by atoms with Gasteiger partial charge in [-0.15, -0.1) is 0 Å². The summed E-state index contributed by atoms with van der Waals surface area (Å²) in [5.74, 6) is 0. The van der Waals surface area contributed by atoms with Gasteiger partial charge in [-0.25, -0.2) is 0 Å². The molecule has 146 valence electrons. The van der Waals surface area contributed by atoms with Crippen molar-refractivity contribution in [2.75, 3.05) is 0 Å². The Balaban J connectivity index is 1.47. The van der Waals surface area contributed by atoms with E-state index in [1.807, 2.05) is 6.20 Å². The molecule has 0 aliphatic heterocycles. The van der Waals surface area contributed by atoms with Crippen LogP contribution in [-0.4, -0.2) is 4.98 Å². The van der Waals surface area contributed by atoms with Crippen molar-refractivity contribution in [1.82, 2.24) is 4.98 Å². The lowest BCUT2D eigenvalue weighted by atomic mass is 9.96. The Morgan fingerprint density at radius 2 is 1.37 bits per heavy atom. The Hall–Kier alpha value is -3.49. The number of aromatic nitrogens is 1. The Morgan fingerprint density at radius 3 is 2.10 bits per heavy atom. The molecular formula is C28H24N2. The molecule has 2 nitrogen and oxygen atoms in total. The minimum atomic E-state index is 0.567. The van der Waals surface area contributed by atoms with E-state index in [2.05, 4.69) is 91.0 Å². The zero-order valence-corrected chi connectivity index (χ0v) is 16.9. The van der Waals surface area contributed by atoms with Crippen molar-refractivity contribution in [2.24, 2.45) is 5.73 Å². The molecule has 1 aromatic heterocycles. The highest BCUT2D eigenvalue weighted by Gasteiger charge is 2.06. The van der Waals surface area contributed by atoms with Gasteiger partial charge < -0.3 is 5.73 Å². The maximum Gasteiger partial charge on any atom is 0.0702 e. The number of allylic oxidation sites excluding steroid dienone is 4. The van der Waals surface area contributed by atoms with Crippen molar-refractivity contribution in [1.29, 1.82) is 0 Å². The summed E-state index contributed by atoms with van der Waals surface area (Å²) in [6.45, 7) is 0.567. The summed E-state index contributed by atoms with van der Waals surface area (Å²) in [6, 6.07) is 25.9. The van der Waals surface area contributed by atoms with Gasteiger partial charge in [0.05, 0.1) is 5.52 Å². The summed E-state index contributed by atoms with van der Waals surface area (Å²) in [4.78, 5) is 4.69. The number of benzene rings is 3. The lowest BCUT2D eigenvalue weighted by Gasteiger charge is -2.09. The molecule has 0 bridgehead atoms. The Kier molecular flexibility index (Phi) is 5.00. The minimum Gasteiger partial charge on any atom is -0.326 e. The van der Waals surface area contributed by atoms with E-state index >= 15 is 0 Å². The number of rotatable bonds is 4. The van der Waals surface area contributed by atoms with Gasteiger partial charge in [-0.05, 0) is 64.4 Å². The number of nitrogens with zero attached hydrogens (tertiary/aromatic N) is 1. The van der Waals surface area contributed by atoms with Crippen molar-refractivity contribution < 1.29 is 0 Å². The predicted octanol–water partition coefficient (Wildman–Crippen LogP) is 6.76. The average molecular weight is 389 g/mol. The van der Waals surface area contributed by atoms with Gasteiger partial charge in [0.2, 0.25) is 0 Å². The van der Waals surface area contributed by atoms with Crippen LogP contribution >= 0.6 is 0 Å². The molecule has 2 heteroatoms. The normalized spacial score (nSPS) is 13.4. The van der Waals surface area contributed by atoms with E-state index in [0.29, 0.717) is 6.54 Å². The van der Waals surface area contributed by atoms with E-state index in [4.69, 9.17) is 10.7 Å². The van der Waals surface area contributed by atoms with E-state index in [1.165, 1.54) is 27.8 Å². The first-order chi connectivity index (χ1) is 14.8. The average Bonchev–Trinajstić information content (AvgIpc) is 2.84. The predicted molar refractivity (Wildman–Crippen MR) is 127 cm³/mol. The zero-order valence-electron chi connectivity index (χ0n) is 16.9. The second-order valence-corrected chi connectivity index (χ2v) is 7.75. The van der Waals surface area contributed by atoms with E-state index in [1.54, 1.807) is 0 Å². The summed E-state index contributed by atoms with van der Waals surface area (Å²) in [6.07, 6.45) is 11.0. The summed E-state index contributed by atoms with van der Waals surface area (Å²) in [7, 11) is 0. The Bertz CT molecular complexity index is 1250. The molecule has 30 heavy (non-hydrogen) atoms. The first kappa shape index (κ1) is 18.5. The van der Waals surface area contributed by atoms with Gasteiger partial charge >= 0.3 is 0 Å². The minimum absolute atomic E-state index is 0.567. The fourth-order valence-corrected chi connectivity index (χ4v) is 3.98. The molecule has 0 spiro atoms. The molecule has 1 aliphatic carbocycles. The van der Waals surface area contributed by atoms with E-state index in [-0.39, 0.29) is 0 Å². The van der Waals surface area contributed by atoms with E-state index in [0.717, 1.165) is 34.9 Å². The largest absolute Gasteiger partial charge is 0.326 e. The second kappa shape index (κ2) is 8.10. The van der Waals surface area contributed by atoms with Gasteiger partial charge in [-0.3, -0.25) is 4.98 Å². The van der Waals surface area contributed by atoms with Crippen LogP contribution in [0.1, 0.15) is 24.0 Å². The number of fused-ring (bicyclic) bond motifs is 1. The van der Waals surface area contributed by atoms with Gasteiger partial charge in [0, 0.05) is 23.7 Å². The molecular weight excluding hydrogens is 364 g/mol.